The van der Waals surface area contributed by atoms with Gasteiger partial charge in [-0.25, -0.2) is 14.6 Å². The minimum absolute atomic E-state index is 0.172. The van der Waals surface area contributed by atoms with E-state index in [1.807, 2.05) is 10.9 Å². The summed E-state index contributed by atoms with van der Waals surface area (Å²) in [4.78, 5) is 12.0. The van der Waals surface area contributed by atoms with Gasteiger partial charge in [0.1, 0.15) is 0 Å². The molecule has 2 atom stereocenters. The first kappa shape index (κ1) is 22.3. The van der Waals surface area contributed by atoms with Crippen LogP contribution in [0.5, 0.6) is 0 Å². The van der Waals surface area contributed by atoms with E-state index in [0.717, 1.165) is 55.7 Å². The van der Waals surface area contributed by atoms with Gasteiger partial charge in [0, 0.05) is 17.1 Å². The molecule has 3 aliphatic rings. The number of likely N-dealkylation sites (tertiary alicyclic amines) is 1. The molecule has 4 heterocycles. The molecule has 1 saturated carbocycles. The molecular weight excluding hydrogens is 448 g/mol. The number of hydrogen-bond acceptors (Lipinski definition) is 6. The monoisotopic (exact) mass is 480 g/mol. The molecule has 2 aromatic heterocycles. The molecule has 0 amide bonds. The van der Waals surface area contributed by atoms with Crippen molar-refractivity contribution >= 4 is 34.1 Å². The van der Waals surface area contributed by atoms with E-state index in [4.69, 9.17) is 21.3 Å². The molecule has 2 saturated heterocycles. The fourth-order valence-corrected chi connectivity index (χ4v) is 5.98. The van der Waals surface area contributed by atoms with Crippen molar-refractivity contribution in [3.63, 3.8) is 0 Å². The van der Waals surface area contributed by atoms with Crippen molar-refractivity contribution in [3.05, 3.63) is 40.8 Å². The summed E-state index contributed by atoms with van der Waals surface area (Å²) in [5, 5.41) is 9.38. The topological polar surface area (TPSA) is 68.1 Å². The Morgan fingerprint density at radius 3 is 2.65 bits per heavy atom. The highest BCUT2D eigenvalue weighted by atomic mass is 35.5. The number of piperidine rings is 1. The molecule has 0 bridgehead atoms. The highest BCUT2D eigenvalue weighted by molar-refractivity contribution is 6.32. The van der Waals surface area contributed by atoms with Gasteiger partial charge in [-0.1, -0.05) is 18.5 Å². The Labute approximate surface area is 205 Å². The standard InChI is InChI=1S/C26H33ClN6O/c1-16-10-19-12-28-25(31-23-13-29-33(24(23)27)20-4-5-20)30-22(19)11-21(16)18-6-8-32(9-7-18)26(3)15-34-14-17(26)2/h10-13,17-18,20H,4-9,14-15H2,1-3H3,(H,28,30,31)/t17-,26+/m1/s1. The van der Waals surface area contributed by atoms with Crippen LogP contribution < -0.4 is 5.32 Å². The van der Waals surface area contributed by atoms with Gasteiger partial charge in [0.05, 0.1) is 36.7 Å². The molecule has 0 radical (unpaired) electrons. The zero-order valence-electron chi connectivity index (χ0n) is 20.2. The number of aryl methyl sites for hydroxylation is 1. The zero-order valence-corrected chi connectivity index (χ0v) is 21.0. The van der Waals surface area contributed by atoms with Crippen LogP contribution in [-0.2, 0) is 4.74 Å². The largest absolute Gasteiger partial charge is 0.379 e. The number of rotatable bonds is 5. The van der Waals surface area contributed by atoms with E-state index in [2.05, 4.69) is 53.2 Å². The number of benzene rings is 1. The van der Waals surface area contributed by atoms with Crippen LogP contribution in [0.1, 0.15) is 62.6 Å². The fraction of sp³-hybridized carbons (Fsp3) is 0.577. The molecule has 2 aliphatic heterocycles. The number of nitrogens with one attached hydrogen (secondary N) is 1. The van der Waals surface area contributed by atoms with Crippen molar-refractivity contribution in [2.75, 3.05) is 31.6 Å². The quantitative estimate of drug-likeness (QED) is 0.522. The molecule has 180 valence electrons. The first-order chi connectivity index (χ1) is 16.4. The van der Waals surface area contributed by atoms with Gasteiger partial charge in [-0.15, -0.1) is 0 Å². The number of nitrogens with zero attached hydrogens (tertiary/aromatic N) is 5. The van der Waals surface area contributed by atoms with Crippen LogP contribution in [0.15, 0.2) is 24.5 Å². The van der Waals surface area contributed by atoms with Crippen LogP contribution in [0.2, 0.25) is 5.15 Å². The van der Waals surface area contributed by atoms with Crippen LogP contribution in [0.4, 0.5) is 11.6 Å². The van der Waals surface area contributed by atoms with Crippen LogP contribution in [-0.4, -0.2) is 56.5 Å². The first-order valence-electron chi connectivity index (χ1n) is 12.5. The molecule has 1 aromatic carbocycles. The molecule has 7 nitrogen and oxygen atoms in total. The summed E-state index contributed by atoms with van der Waals surface area (Å²) in [5.41, 5.74) is 4.64. The van der Waals surface area contributed by atoms with E-state index in [9.17, 15) is 0 Å². The lowest BCUT2D eigenvalue weighted by atomic mass is 9.82. The highest BCUT2D eigenvalue weighted by Crippen LogP contribution is 2.40. The smallest absolute Gasteiger partial charge is 0.227 e. The van der Waals surface area contributed by atoms with E-state index in [1.54, 1.807) is 6.20 Å². The highest BCUT2D eigenvalue weighted by Gasteiger charge is 2.43. The fourth-order valence-electron chi connectivity index (χ4n) is 5.70. The second-order valence-electron chi connectivity index (χ2n) is 10.6. The third-order valence-electron chi connectivity index (χ3n) is 8.32. The van der Waals surface area contributed by atoms with Gasteiger partial charge in [-0.2, -0.15) is 5.10 Å². The van der Waals surface area contributed by atoms with Crippen molar-refractivity contribution < 1.29 is 4.74 Å². The third kappa shape index (κ3) is 3.88. The zero-order chi connectivity index (χ0) is 23.4. The van der Waals surface area contributed by atoms with E-state index >= 15 is 0 Å². The number of ether oxygens (including phenoxy) is 1. The summed E-state index contributed by atoms with van der Waals surface area (Å²) in [6.45, 7) is 10.9. The van der Waals surface area contributed by atoms with Gasteiger partial charge in [0.2, 0.25) is 5.95 Å². The maximum Gasteiger partial charge on any atom is 0.227 e. The van der Waals surface area contributed by atoms with Crippen molar-refractivity contribution in [2.45, 2.75) is 64.0 Å². The van der Waals surface area contributed by atoms with Crippen molar-refractivity contribution in [1.29, 1.82) is 0 Å². The molecular formula is C26H33ClN6O. The summed E-state index contributed by atoms with van der Waals surface area (Å²) < 4.78 is 7.69. The second kappa shape index (κ2) is 8.47. The van der Waals surface area contributed by atoms with Crippen molar-refractivity contribution in [2.24, 2.45) is 5.92 Å². The Kier molecular flexibility index (Phi) is 5.54. The molecule has 6 rings (SSSR count). The van der Waals surface area contributed by atoms with E-state index < -0.39 is 0 Å². The van der Waals surface area contributed by atoms with Crippen LogP contribution in [0.25, 0.3) is 10.9 Å². The Bertz CT molecular complexity index is 1220. The predicted molar refractivity (Wildman–Crippen MR) is 135 cm³/mol. The molecule has 3 aromatic rings. The predicted octanol–water partition coefficient (Wildman–Crippen LogP) is 5.47. The molecule has 0 unspecified atom stereocenters. The summed E-state index contributed by atoms with van der Waals surface area (Å²) in [7, 11) is 0. The van der Waals surface area contributed by atoms with Gasteiger partial charge in [-0.3, -0.25) is 4.90 Å². The molecule has 34 heavy (non-hydrogen) atoms. The van der Waals surface area contributed by atoms with Gasteiger partial charge < -0.3 is 10.1 Å². The third-order valence-corrected chi connectivity index (χ3v) is 8.70. The first-order valence-corrected chi connectivity index (χ1v) is 12.9. The van der Waals surface area contributed by atoms with Gasteiger partial charge in [-0.05, 0) is 87.7 Å². The maximum atomic E-state index is 6.52. The van der Waals surface area contributed by atoms with E-state index in [-0.39, 0.29) is 5.54 Å². The number of fused-ring (bicyclic) bond motifs is 1. The van der Waals surface area contributed by atoms with Gasteiger partial charge in [0.25, 0.3) is 0 Å². The Balaban J connectivity index is 1.21. The van der Waals surface area contributed by atoms with E-state index in [0.29, 0.717) is 29.0 Å². The molecule has 1 N–H and O–H groups in total. The molecule has 1 aliphatic carbocycles. The van der Waals surface area contributed by atoms with Gasteiger partial charge in [0.15, 0.2) is 5.15 Å². The van der Waals surface area contributed by atoms with Crippen LogP contribution in [0.3, 0.4) is 0 Å². The second-order valence-corrected chi connectivity index (χ2v) is 11.0. The van der Waals surface area contributed by atoms with Gasteiger partial charge >= 0.3 is 0 Å². The van der Waals surface area contributed by atoms with Crippen molar-refractivity contribution in [3.8, 4) is 0 Å². The molecule has 8 heteroatoms. The summed E-state index contributed by atoms with van der Waals surface area (Å²) in [6.07, 6.45) is 8.27. The Morgan fingerprint density at radius 2 is 1.94 bits per heavy atom. The minimum atomic E-state index is 0.172. The van der Waals surface area contributed by atoms with Crippen LogP contribution >= 0.6 is 11.6 Å². The Morgan fingerprint density at radius 1 is 1.15 bits per heavy atom. The average molecular weight is 481 g/mol. The lowest BCUT2D eigenvalue weighted by molar-refractivity contribution is 0.0434. The number of aromatic nitrogens is 4. The number of anilines is 2. The summed E-state index contributed by atoms with van der Waals surface area (Å²) >= 11 is 6.52. The van der Waals surface area contributed by atoms with E-state index in [1.165, 1.54) is 24.0 Å². The van der Waals surface area contributed by atoms with Crippen LogP contribution in [0, 0.1) is 12.8 Å². The summed E-state index contributed by atoms with van der Waals surface area (Å²) in [5.74, 6) is 1.69. The number of hydrogen-bond donors (Lipinski definition) is 1. The summed E-state index contributed by atoms with van der Waals surface area (Å²) in [6, 6.07) is 4.94. The molecule has 3 fully saturated rings. The van der Waals surface area contributed by atoms with Crippen molar-refractivity contribution in [1.82, 2.24) is 24.6 Å². The lowest BCUT2D eigenvalue weighted by Gasteiger charge is -2.44. The maximum absolute atomic E-state index is 6.52. The number of halogens is 1. The lowest BCUT2D eigenvalue weighted by Crippen LogP contribution is -2.53. The molecule has 0 spiro atoms. The SMILES string of the molecule is Cc1cc2cnc(Nc3cnn(C4CC4)c3Cl)nc2cc1C1CCN([C@@]2(C)COC[C@H]2C)CC1. The minimum Gasteiger partial charge on any atom is -0.379 e. The normalized spacial score (nSPS) is 26.4. The average Bonchev–Trinajstić information content (AvgIpc) is 3.54. The Hall–Kier alpha value is -2.22.